The molecule has 1 atom stereocenters. The number of nitrogens with zero attached hydrogens (tertiary/aromatic N) is 2. The van der Waals surface area contributed by atoms with E-state index in [-0.39, 0.29) is 5.56 Å². The molecule has 0 unspecified atom stereocenters. The molecule has 0 amide bonds. The molecule has 27 heavy (non-hydrogen) atoms. The van der Waals surface area contributed by atoms with E-state index >= 15 is 0 Å². The lowest BCUT2D eigenvalue weighted by molar-refractivity contribution is 0.415. The molecule has 2 heterocycles. The number of allylic oxidation sites excluding steroid dienone is 1. The first-order valence-corrected chi connectivity index (χ1v) is 9.71. The summed E-state index contributed by atoms with van der Waals surface area (Å²) in [6, 6.07) is 9.53. The number of methoxy groups -OCH3 is 1. The summed E-state index contributed by atoms with van der Waals surface area (Å²) in [5, 5.41) is 10.3. The van der Waals surface area contributed by atoms with Crippen LogP contribution < -0.4 is 10.3 Å². The van der Waals surface area contributed by atoms with Crippen molar-refractivity contribution >= 4 is 33.2 Å². The van der Waals surface area contributed by atoms with Crippen LogP contribution in [0.25, 0.3) is 21.9 Å². The molecule has 6 heteroatoms. The number of aromatic amines is 1. The fourth-order valence-electron chi connectivity index (χ4n) is 3.50. The quantitative estimate of drug-likeness (QED) is 0.695. The van der Waals surface area contributed by atoms with Crippen molar-refractivity contribution in [2.45, 2.75) is 26.2 Å². The maximum absolute atomic E-state index is 12.7. The van der Waals surface area contributed by atoms with Gasteiger partial charge in [-0.1, -0.05) is 19.1 Å². The fraction of sp³-hybridized carbons (Fsp3) is 0.286. The highest BCUT2D eigenvalue weighted by Gasteiger charge is 2.23. The van der Waals surface area contributed by atoms with Crippen molar-refractivity contribution in [1.29, 1.82) is 5.26 Å². The second kappa shape index (κ2) is 7.01. The smallest absolute Gasteiger partial charge is 0.260 e. The van der Waals surface area contributed by atoms with E-state index in [0.29, 0.717) is 22.7 Å². The van der Waals surface area contributed by atoms with Crippen LogP contribution in [0.1, 0.15) is 35.2 Å². The Balaban J connectivity index is 1.79. The number of ether oxygens (including phenoxy) is 1. The van der Waals surface area contributed by atoms with Gasteiger partial charge in [0.1, 0.15) is 16.6 Å². The van der Waals surface area contributed by atoms with E-state index in [2.05, 4.69) is 23.0 Å². The van der Waals surface area contributed by atoms with Crippen molar-refractivity contribution in [3.05, 3.63) is 56.4 Å². The highest BCUT2D eigenvalue weighted by molar-refractivity contribution is 7.18. The van der Waals surface area contributed by atoms with Crippen LogP contribution in [0.15, 0.2) is 29.1 Å². The zero-order chi connectivity index (χ0) is 19.0. The molecule has 1 N–H and O–H groups in total. The van der Waals surface area contributed by atoms with Crippen molar-refractivity contribution in [1.82, 2.24) is 9.97 Å². The molecule has 2 aromatic heterocycles. The number of rotatable bonds is 3. The van der Waals surface area contributed by atoms with Crippen molar-refractivity contribution < 1.29 is 4.74 Å². The van der Waals surface area contributed by atoms with Crippen LogP contribution in [-0.2, 0) is 12.8 Å². The van der Waals surface area contributed by atoms with Gasteiger partial charge in [-0.15, -0.1) is 11.3 Å². The maximum Gasteiger partial charge on any atom is 0.260 e. The number of aromatic nitrogens is 2. The first-order valence-electron chi connectivity index (χ1n) is 8.90. The maximum atomic E-state index is 12.7. The van der Waals surface area contributed by atoms with Gasteiger partial charge in [0.25, 0.3) is 5.56 Å². The summed E-state index contributed by atoms with van der Waals surface area (Å²) in [4.78, 5) is 22.1. The van der Waals surface area contributed by atoms with Crippen LogP contribution in [-0.4, -0.2) is 17.1 Å². The average molecular weight is 377 g/mol. The van der Waals surface area contributed by atoms with Crippen molar-refractivity contribution in [2.24, 2.45) is 5.92 Å². The number of fused-ring (bicyclic) bond motifs is 3. The standard InChI is InChI=1S/C21H19N3O2S/c1-12-3-8-16-17(9-12)27-21-18(16)20(25)23-19(24-21)14(11-22)10-13-4-6-15(26-2)7-5-13/h4-7,10,12H,3,8-9H2,1-2H3,(H,23,24,25)/b14-10+/t12-/m1/s1. The van der Waals surface area contributed by atoms with Crippen LogP contribution in [0.3, 0.4) is 0 Å². The van der Waals surface area contributed by atoms with Gasteiger partial charge >= 0.3 is 0 Å². The molecule has 0 saturated carbocycles. The molecule has 5 nitrogen and oxygen atoms in total. The number of aryl methyl sites for hydroxylation is 1. The Morgan fingerprint density at radius 3 is 2.89 bits per heavy atom. The summed E-state index contributed by atoms with van der Waals surface area (Å²) in [5.41, 5.74) is 2.16. The summed E-state index contributed by atoms with van der Waals surface area (Å²) in [6.45, 7) is 2.24. The number of nitrogens with one attached hydrogen (secondary N) is 1. The molecule has 0 radical (unpaired) electrons. The zero-order valence-electron chi connectivity index (χ0n) is 15.2. The van der Waals surface area contributed by atoms with E-state index in [0.717, 1.165) is 41.0 Å². The molecule has 1 aromatic carbocycles. The van der Waals surface area contributed by atoms with Crippen LogP contribution >= 0.6 is 11.3 Å². The Kier molecular flexibility index (Phi) is 4.54. The minimum Gasteiger partial charge on any atom is -0.497 e. The molecule has 0 bridgehead atoms. The largest absolute Gasteiger partial charge is 0.497 e. The highest BCUT2D eigenvalue weighted by atomic mass is 32.1. The zero-order valence-corrected chi connectivity index (χ0v) is 16.0. The minimum absolute atomic E-state index is 0.155. The van der Waals surface area contributed by atoms with Crippen LogP contribution in [0.5, 0.6) is 5.75 Å². The predicted molar refractivity (Wildman–Crippen MR) is 108 cm³/mol. The summed E-state index contributed by atoms with van der Waals surface area (Å²) < 4.78 is 5.15. The number of hydrogen-bond donors (Lipinski definition) is 1. The third-order valence-corrected chi connectivity index (χ3v) is 6.12. The molecular weight excluding hydrogens is 358 g/mol. The van der Waals surface area contributed by atoms with Crippen molar-refractivity contribution in [2.75, 3.05) is 7.11 Å². The van der Waals surface area contributed by atoms with Gasteiger partial charge in [0.2, 0.25) is 0 Å². The van der Waals surface area contributed by atoms with Gasteiger partial charge in [0.05, 0.1) is 18.1 Å². The minimum atomic E-state index is -0.155. The molecule has 4 rings (SSSR count). The summed E-state index contributed by atoms with van der Waals surface area (Å²) in [7, 11) is 1.61. The van der Waals surface area contributed by atoms with Gasteiger partial charge in [-0.3, -0.25) is 4.79 Å². The van der Waals surface area contributed by atoms with Gasteiger partial charge in [-0.05, 0) is 54.5 Å². The molecule has 3 aromatic rings. The number of nitriles is 1. The molecule has 0 aliphatic heterocycles. The van der Waals surface area contributed by atoms with Gasteiger partial charge < -0.3 is 9.72 Å². The van der Waals surface area contributed by atoms with E-state index in [9.17, 15) is 10.1 Å². The second-order valence-electron chi connectivity index (χ2n) is 6.89. The van der Waals surface area contributed by atoms with Crippen LogP contribution in [0.4, 0.5) is 0 Å². The number of thiophene rings is 1. The number of hydrogen-bond acceptors (Lipinski definition) is 5. The van der Waals surface area contributed by atoms with Crippen molar-refractivity contribution in [3.63, 3.8) is 0 Å². The van der Waals surface area contributed by atoms with E-state index in [1.54, 1.807) is 24.5 Å². The Hall–Kier alpha value is -2.91. The predicted octanol–water partition coefficient (Wildman–Crippen LogP) is 4.18. The SMILES string of the molecule is COc1ccc(/C=C(\C#N)c2nc3sc4c(c3c(=O)[nH]2)CC[C@@H](C)C4)cc1. The Labute approximate surface area is 161 Å². The van der Waals surface area contributed by atoms with E-state index in [1.807, 2.05) is 24.3 Å². The lowest BCUT2D eigenvalue weighted by atomic mass is 9.89. The lowest BCUT2D eigenvalue weighted by Crippen LogP contribution is -2.14. The third-order valence-electron chi connectivity index (χ3n) is 4.97. The van der Waals surface area contributed by atoms with E-state index in [4.69, 9.17) is 4.74 Å². The summed E-state index contributed by atoms with van der Waals surface area (Å²) in [6.07, 6.45) is 4.74. The van der Waals surface area contributed by atoms with E-state index in [1.165, 1.54) is 4.88 Å². The third kappa shape index (κ3) is 3.26. The summed E-state index contributed by atoms with van der Waals surface area (Å²) >= 11 is 1.59. The van der Waals surface area contributed by atoms with Gasteiger partial charge in [0, 0.05) is 4.88 Å². The van der Waals surface area contributed by atoms with Crippen LogP contribution in [0, 0.1) is 17.2 Å². The molecule has 136 valence electrons. The monoisotopic (exact) mass is 377 g/mol. The first-order chi connectivity index (χ1) is 13.1. The molecule has 1 aliphatic rings. The van der Waals surface area contributed by atoms with E-state index < -0.39 is 0 Å². The van der Waals surface area contributed by atoms with Gasteiger partial charge in [0.15, 0.2) is 5.82 Å². The van der Waals surface area contributed by atoms with Gasteiger partial charge in [-0.25, -0.2) is 4.98 Å². The average Bonchev–Trinajstić information content (AvgIpc) is 3.04. The number of benzene rings is 1. The normalized spacial score (nSPS) is 16.8. The molecule has 1 aliphatic carbocycles. The summed E-state index contributed by atoms with van der Waals surface area (Å²) in [5.74, 6) is 1.70. The fourth-order valence-corrected chi connectivity index (χ4v) is 4.88. The second-order valence-corrected chi connectivity index (χ2v) is 7.97. The first kappa shape index (κ1) is 17.5. The molecular formula is C21H19N3O2S. The van der Waals surface area contributed by atoms with Crippen molar-refractivity contribution in [3.8, 4) is 11.8 Å². The Morgan fingerprint density at radius 1 is 1.41 bits per heavy atom. The topological polar surface area (TPSA) is 78.8 Å². The molecule has 0 fully saturated rings. The number of H-pyrrole nitrogens is 1. The Morgan fingerprint density at radius 2 is 2.19 bits per heavy atom. The highest BCUT2D eigenvalue weighted by Crippen LogP contribution is 2.35. The van der Waals surface area contributed by atoms with Crippen LogP contribution in [0.2, 0.25) is 0 Å². The molecule has 0 saturated heterocycles. The Bertz CT molecular complexity index is 1130. The van der Waals surface area contributed by atoms with Gasteiger partial charge in [-0.2, -0.15) is 5.26 Å². The molecule has 0 spiro atoms. The lowest BCUT2D eigenvalue weighted by Gasteiger charge is -2.17.